The second kappa shape index (κ2) is 11.5. The Bertz CT molecular complexity index is 1210. The number of nitrogens with zero attached hydrogens (tertiary/aromatic N) is 1. The minimum atomic E-state index is -0.344. The molecule has 0 fully saturated rings. The molecule has 0 spiro atoms. The molecule has 1 aliphatic heterocycles. The van der Waals surface area contributed by atoms with E-state index in [1.165, 1.54) is 18.2 Å². The Morgan fingerprint density at radius 3 is 2.63 bits per heavy atom. The van der Waals surface area contributed by atoms with Crippen LogP contribution in [-0.4, -0.2) is 31.6 Å². The summed E-state index contributed by atoms with van der Waals surface area (Å²) in [4.78, 5) is 26.5. The number of hydrogen-bond acceptors (Lipinski definition) is 4. The molecule has 1 heterocycles. The van der Waals surface area contributed by atoms with Gasteiger partial charge in [-0.05, 0) is 79.1 Å². The van der Waals surface area contributed by atoms with Crippen molar-refractivity contribution in [3.05, 3.63) is 89.2 Å². The minimum Gasteiger partial charge on any atom is -0.494 e. The Balaban J connectivity index is 1.33. The van der Waals surface area contributed by atoms with Gasteiger partial charge in [0.05, 0.1) is 12.3 Å². The van der Waals surface area contributed by atoms with Crippen LogP contribution in [0, 0.1) is 5.82 Å². The Labute approximate surface area is 207 Å². The van der Waals surface area contributed by atoms with E-state index in [-0.39, 0.29) is 24.2 Å². The van der Waals surface area contributed by atoms with Gasteiger partial charge >= 0.3 is 0 Å². The van der Waals surface area contributed by atoms with E-state index in [0.29, 0.717) is 40.9 Å². The molecular weight excluding hydrogens is 471 g/mol. The maximum atomic E-state index is 13.0. The Morgan fingerprint density at radius 1 is 1.09 bits per heavy atom. The molecule has 0 atom stereocenters. The molecule has 0 radical (unpaired) electrons. The third-order valence-corrected chi connectivity index (χ3v) is 5.58. The molecule has 1 aliphatic rings. The zero-order valence-corrected chi connectivity index (χ0v) is 19.6. The third kappa shape index (κ3) is 6.83. The first-order valence-corrected chi connectivity index (χ1v) is 11.6. The van der Waals surface area contributed by atoms with Crippen LogP contribution in [0.3, 0.4) is 0 Å². The van der Waals surface area contributed by atoms with Gasteiger partial charge in [0.15, 0.2) is 6.61 Å². The van der Waals surface area contributed by atoms with Gasteiger partial charge in [-0.15, -0.1) is 0 Å². The van der Waals surface area contributed by atoms with Crippen molar-refractivity contribution < 1.29 is 23.5 Å². The molecule has 0 aromatic heterocycles. The molecule has 3 aromatic rings. The molecular formula is C27H24ClFN2O4. The SMILES string of the molecule is O=C(/C=C/c1ccc(F)cc1)Nc1ccc2c(c1)N(CCCCOc1ccc(Cl)cc1)C(=O)CO2. The van der Waals surface area contributed by atoms with E-state index in [4.69, 9.17) is 21.1 Å². The van der Waals surface area contributed by atoms with Crippen LogP contribution in [0.1, 0.15) is 18.4 Å². The molecule has 0 bridgehead atoms. The fraction of sp³-hybridized carbons (Fsp3) is 0.185. The molecule has 4 rings (SSSR count). The van der Waals surface area contributed by atoms with E-state index >= 15 is 0 Å². The molecule has 3 aromatic carbocycles. The molecule has 0 aliphatic carbocycles. The van der Waals surface area contributed by atoms with E-state index in [2.05, 4.69) is 5.32 Å². The predicted molar refractivity (Wildman–Crippen MR) is 135 cm³/mol. The van der Waals surface area contributed by atoms with E-state index in [1.54, 1.807) is 53.4 Å². The van der Waals surface area contributed by atoms with E-state index in [9.17, 15) is 14.0 Å². The number of amides is 2. The first-order chi connectivity index (χ1) is 17.0. The fourth-order valence-corrected chi connectivity index (χ4v) is 3.67. The molecule has 0 saturated carbocycles. The summed E-state index contributed by atoms with van der Waals surface area (Å²) in [5.74, 6) is 0.507. The summed E-state index contributed by atoms with van der Waals surface area (Å²) in [6.45, 7) is 0.991. The quantitative estimate of drug-likeness (QED) is 0.305. The molecule has 8 heteroatoms. The smallest absolute Gasteiger partial charge is 0.265 e. The summed E-state index contributed by atoms with van der Waals surface area (Å²) < 4.78 is 24.3. The molecule has 1 N–H and O–H groups in total. The number of anilines is 2. The third-order valence-electron chi connectivity index (χ3n) is 5.33. The zero-order chi connectivity index (χ0) is 24.6. The van der Waals surface area contributed by atoms with Gasteiger partial charge < -0.3 is 19.7 Å². The monoisotopic (exact) mass is 494 g/mol. The highest BCUT2D eigenvalue weighted by Gasteiger charge is 2.25. The van der Waals surface area contributed by atoms with Crippen molar-refractivity contribution in [3.63, 3.8) is 0 Å². The lowest BCUT2D eigenvalue weighted by atomic mass is 10.2. The van der Waals surface area contributed by atoms with Crippen molar-refractivity contribution in [2.75, 3.05) is 30.0 Å². The van der Waals surface area contributed by atoms with Crippen LogP contribution < -0.4 is 19.7 Å². The van der Waals surface area contributed by atoms with E-state index < -0.39 is 0 Å². The summed E-state index contributed by atoms with van der Waals surface area (Å²) in [5, 5.41) is 3.44. The highest BCUT2D eigenvalue weighted by atomic mass is 35.5. The van der Waals surface area contributed by atoms with Crippen LogP contribution >= 0.6 is 11.6 Å². The first kappa shape index (κ1) is 24.3. The number of unbranched alkanes of at least 4 members (excludes halogenated alkanes) is 1. The van der Waals surface area contributed by atoms with Crippen LogP contribution in [0.5, 0.6) is 11.5 Å². The van der Waals surface area contributed by atoms with Gasteiger partial charge in [0, 0.05) is 23.3 Å². The highest BCUT2D eigenvalue weighted by Crippen LogP contribution is 2.34. The summed E-state index contributed by atoms with van der Waals surface area (Å²) in [7, 11) is 0. The number of halogens is 2. The maximum Gasteiger partial charge on any atom is 0.265 e. The van der Waals surface area contributed by atoms with Crippen molar-refractivity contribution in [2.24, 2.45) is 0 Å². The summed E-state index contributed by atoms with van der Waals surface area (Å²) >= 11 is 5.88. The van der Waals surface area contributed by atoms with Crippen LogP contribution in [0.25, 0.3) is 6.08 Å². The number of benzene rings is 3. The largest absolute Gasteiger partial charge is 0.494 e. The van der Waals surface area contributed by atoms with Crippen molar-refractivity contribution in [3.8, 4) is 11.5 Å². The Hall–Kier alpha value is -3.84. The molecule has 180 valence electrons. The van der Waals surface area contributed by atoms with Gasteiger partial charge in [-0.25, -0.2) is 4.39 Å². The zero-order valence-electron chi connectivity index (χ0n) is 18.9. The van der Waals surface area contributed by atoms with Crippen molar-refractivity contribution in [1.82, 2.24) is 0 Å². The average Bonchev–Trinajstić information content (AvgIpc) is 2.86. The van der Waals surface area contributed by atoms with Crippen LogP contribution in [0.2, 0.25) is 5.02 Å². The van der Waals surface area contributed by atoms with Crippen molar-refractivity contribution in [1.29, 1.82) is 0 Å². The normalized spacial score (nSPS) is 12.9. The lowest BCUT2D eigenvalue weighted by molar-refractivity contribution is -0.121. The minimum absolute atomic E-state index is 0.0274. The van der Waals surface area contributed by atoms with E-state index in [0.717, 1.165) is 18.6 Å². The van der Waals surface area contributed by atoms with Gasteiger partial charge in [0.1, 0.15) is 17.3 Å². The topological polar surface area (TPSA) is 67.9 Å². The number of nitrogens with one attached hydrogen (secondary N) is 1. The molecule has 0 saturated heterocycles. The van der Waals surface area contributed by atoms with Gasteiger partial charge in [-0.3, -0.25) is 9.59 Å². The van der Waals surface area contributed by atoms with Gasteiger partial charge in [0.2, 0.25) is 5.91 Å². The first-order valence-electron chi connectivity index (χ1n) is 11.2. The van der Waals surface area contributed by atoms with Gasteiger partial charge in [-0.2, -0.15) is 0 Å². The summed E-state index contributed by atoms with van der Waals surface area (Å²) in [5.41, 5.74) is 1.85. The average molecular weight is 495 g/mol. The number of fused-ring (bicyclic) bond motifs is 1. The van der Waals surface area contributed by atoms with Gasteiger partial charge in [-0.1, -0.05) is 23.7 Å². The molecule has 35 heavy (non-hydrogen) atoms. The standard InChI is InChI=1S/C27H24ClFN2O4/c28-20-6-11-23(12-7-20)34-16-2-1-15-31-24-17-22(10-13-25(24)35-18-27(31)33)30-26(32)14-5-19-3-8-21(29)9-4-19/h3-14,17H,1-2,15-16,18H2,(H,30,32)/b14-5+. The fourth-order valence-electron chi connectivity index (χ4n) is 3.55. The molecule has 6 nitrogen and oxygen atoms in total. The maximum absolute atomic E-state index is 13.0. The number of carbonyl (C=O) groups is 2. The summed E-state index contributed by atoms with van der Waals surface area (Å²) in [6, 6.07) is 18.2. The van der Waals surface area contributed by atoms with E-state index in [1.807, 2.05) is 12.1 Å². The number of carbonyl (C=O) groups excluding carboxylic acids is 2. The lowest BCUT2D eigenvalue weighted by Gasteiger charge is -2.29. The lowest BCUT2D eigenvalue weighted by Crippen LogP contribution is -2.39. The molecule has 0 unspecified atom stereocenters. The van der Waals surface area contributed by atoms with Crippen molar-refractivity contribution >= 4 is 40.9 Å². The number of rotatable bonds is 9. The molecule has 2 amide bonds. The Morgan fingerprint density at radius 2 is 1.86 bits per heavy atom. The number of hydrogen-bond donors (Lipinski definition) is 1. The Kier molecular flexibility index (Phi) is 8.00. The highest BCUT2D eigenvalue weighted by molar-refractivity contribution is 6.30. The second-order valence-electron chi connectivity index (χ2n) is 7.90. The van der Waals surface area contributed by atoms with Crippen LogP contribution in [-0.2, 0) is 9.59 Å². The summed E-state index contributed by atoms with van der Waals surface area (Å²) in [6.07, 6.45) is 4.45. The number of ether oxygens (including phenoxy) is 2. The van der Waals surface area contributed by atoms with Crippen LogP contribution in [0.15, 0.2) is 72.8 Å². The van der Waals surface area contributed by atoms with Crippen molar-refractivity contribution in [2.45, 2.75) is 12.8 Å². The van der Waals surface area contributed by atoms with Crippen LogP contribution in [0.4, 0.5) is 15.8 Å². The predicted octanol–water partition coefficient (Wildman–Crippen LogP) is 5.72. The van der Waals surface area contributed by atoms with Gasteiger partial charge in [0.25, 0.3) is 5.91 Å². The second-order valence-corrected chi connectivity index (χ2v) is 8.34.